The molecule has 0 unspecified atom stereocenters. The van der Waals surface area contributed by atoms with E-state index in [2.05, 4.69) is 0 Å². The number of hydrogen-bond donors (Lipinski definition) is 0. The Bertz CT molecular complexity index is 196. The highest BCUT2D eigenvalue weighted by molar-refractivity contribution is 5.84. The maximum absolute atomic E-state index is 11.3. The number of hydrogen-bond acceptors (Lipinski definition) is 2. The van der Waals surface area contributed by atoms with E-state index in [4.69, 9.17) is 0 Å². The van der Waals surface area contributed by atoms with Crippen molar-refractivity contribution >= 4 is 12.2 Å². The van der Waals surface area contributed by atoms with E-state index in [0.717, 1.165) is 19.1 Å². The van der Waals surface area contributed by atoms with Crippen LogP contribution in [-0.2, 0) is 9.59 Å². The fourth-order valence-electron chi connectivity index (χ4n) is 1.94. The summed E-state index contributed by atoms with van der Waals surface area (Å²) in [6, 6.07) is 0.479. The Balaban J connectivity index is 1.93. The Kier molecular flexibility index (Phi) is 1.44. The van der Waals surface area contributed by atoms with Crippen LogP contribution in [0.1, 0.15) is 19.3 Å². The van der Waals surface area contributed by atoms with Gasteiger partial charge in [0.25, 0.3) is 0 Å². The van der Waals surface area contributed by atoms with Crippen molar-refractivity contribution < 1.29 is 9.59 Å². The van der Waals surface area contributed by atoms with Gasteiger partial charge >= 0.3 is 0 Å². The maximum atomic E-state index is 11.3. The van der Waals surface area contributed by atoms with Crippen LogP contribution in [0.3, 0.4) is 0 Å². The van der Waals surface area contributed by atoms with Crippen LogP contribution in [0.15, 0.2) is 0 Å². The Morgan fingerprint density at radius 2 is 2.27 bits per heavy atom. The molecule has 2 saturated heterocycles. The zero-order valence-electron chi connectivity index (χ0n) is 6.32. The molecule has 2 heterocycles. The highest BCUT2D eigenvalue weighted by atomic mass is 16.2. The van der Waals surface area contributed by atoms with Gasteiger partial charge in [-0.15, -0.1) is 0 Å². The number of carbonyl (C=O) groups excluding carboxylic acids is 2. The van der Waals surface area contributed by atoms with Crippen LogP contribution in [0.25, 0.3) is 0 Å². The minimum atomic E-state index is 0.275. The zero-order chi connectivity index (χ0) is 7.84. The fourth-order valence-corrected chi connectivity index (χ4v) is 1.94. The van der Waals surface area contributed by atoms with E-state index in [1.165, 1.54) is 0 Å². The summed E-state index contributed by atoms with van der Waals surface area (Å²) in [5.41, 5.74) is 0. The van der Waals surface area contributed by atoms with Crippen molar-refractivity contribution in [1.29, 1.82) is 0 Å². The highest BCUT2D eigenvalue weighted by Crippen LogP contribution is 2.41. The van der Waals surface area contributed by atoms with Crippen molar-refractivity contribution in [2.75, 3.05) is 6.54 Å². The van der Waals surface area contributed by atoms with Gasteiger partial charge in [-0.25, -0.2) is 0 Å². The third kappa shape index (κ3) is 0.870. The average molecular weight is 153 g/mol. The van der Waals surface area contributed by atoms with Crippen molar-refractivity contribution in [2.24, 2.45) is 5.92 Å². The van der Waals surface area contributed by atoms with Gasteiger partial charge in [0.05, 0.1) is 0 Å². The molecule has 3 rings (SSSR count). The van der Waals surface area contributed by atoms with Gasteiger partial charge in [0, 0.05) is 24.9 Å². The second-order valence-electron chi connectivity index (χ2n) is 3.31. The number of fused-ring (bicyclic) bond motifs is 1. The average Bonchev–Trinajstić information content (AvgIpc) is 2.34. The molecule has 1 aliphatic carbocycles. The summed E-state index contributed by atoms with van der Waals surface area (Å²) >= 11 is 0. The van der Waals surface area contributed by atoms with Gasteiger partial charge in [-0.3, -0.25) is 4.79 Å². The summed E-state index contributed by atoms with van der Waals surface area (Å²) in [6.45, 7) is 0.642. The molecule has 3 fully saturated rings. The molecule has 2 aliphatic heterocycles. The number of nitrogens with zero attached hydrogens (tertiary/aromatic N) is 1. The largest absolute Gasteiger partial charge is 0.339 e. The topological polar surface area (TPSA) is 37.4 Å². The molecular weight excluding hydrogens is 142 g/mol. The van der Waals surface area contributed by atoms with Gasteiger partial charge in [0.1, 0.15) is 6.29 Å². The first-order chi connectivity index (χ1) is 5.33. The van der Waals surface area contributed by atoms with Crippen LogP contribution in [0, 0.1) is 5.92 Å². The first-order valence-electron chi connectivity index (χ1n) is 4.07. The molecule has 1 amide bonds. The van der Waals surface area contributed by atoms with Crippen molar-refractivity contribution in [3.8, 4) is 0 Å². The van der Waals surface area contributed by atoms with E-state index in [9.17, 15) is 9.59 Å². The zero-order valence-corrected chi connectivity index (χ0v) is 6.32. The lowest BCUT2D eigenvalue weighted by atomic mass is 9.86. The Hall–Kier alpha value is -0.860. The molecule has 0 aromatic heterocycles. The molecule has 0 radical (unpaired) electrons. The van der Waals surface area contributed by atoms with Crippen LogP contribution in [0.2, 0.25) is 0 Å². The van der Waals surface area contributed by atoms with Crippen molar-refractivity contribution in [1.82, 2.24) is 4.90 Å². The lowest BCUT2D eigenvalue weighted by Crippen LogP contribution is -2.30. The highest BCUT2D eigenvalue weighted by Gasteiger charge is 2.48. The van der Waals surface area contributed by atoms with Crippen LogP contribution in [-0.4, -0.2) is 29.7 Å². The monoisotopic (exact) mass is 153 g/mol. The molecule has 0 N–H and O–H groups in total. The van der Waals surface area contributed by atoms with Gasteiger partial charge in [-0.2, -0.15) is 0 Å². The smallest absolute Gasteiger partial charge is 0.226 e. The Morgan fingerprint density at radius 3 is 2.73 bits per heavy atom. The van der Waals surface area contributed by atoms with E-state index in [0.29, 0.717) is 24.9 Å². The van der Waals surface area contributed by atoms with Gasteiger partial charge in [0.15, 0.2) is 0 Å². The Morgan fingerprint density at radius 1 is 1.55 bits per heavy atom. The standard InChI is InChI=1S/C8H11NO2/c10-3-1-2-9-7-4-6(5-7)8(9)11/h3,6-7H,1-2,4-5H2. The van der Waals surface area contributed by atoms with Crippen molar-refractivity contribution in [2.45, 2.75) is 25.3 Å². The minimum Gasteiger partial charge on any atom is -0.339 e. The second kappa shape index (κ2) is 2.32. The minimum absolute atomic E-state index is 0.275. The quantitative estimate of drug-likeness (QED) is 0.543. The first kappa shape index (κ1) is 6.83. The van der Waals surface area contributed by atoms with Crippen LogP contribution in [0.4, 0.5) is 0 Å². The van der Waals surface area contributed by atoms with E-state index < -0.39 is 0 Å². The van der Waals surface area contributed by atoms with E-state index in [1.807, 2.05) is 4.90 Å². The summed E-state index contributed by atoms with van der Waals surface area (Å²) in [7, 11) is 0. The molecular formula is C8H11NO2. The van der Waals surface area contributed by atoms with E-state index in [1.54, 1.807) is 0 Å². The van der Waals surface area contributed by atoms with Crippen molar-refractivity contribution in [3.05, 3.63) is 0 Å². The Labute approximate surface area is 65.4 Å². The molecule has 0 aromatic carbocycles. The predicted molar refractivity (Wildman–Crippen MR) is 38.9 cm³/mol. The van der Waals surface area contributed by atoms with Crippen molar-refractivity contribution in [3.63, 3.8) is 0 Å². The molecule has 0 aromatic rings. The molecule has 3 aliphatic rings. The fraction of sp³-hybridized carbons (Fsp3) is 0.750. The summed E-state index contributed by atoms with van der Waals surface area (Å²) in [5.74, 6) is 0.587. The van der Waals surface area contributed by atoms with E-state index in [-0.39, 0.29) is 5.91 Å². The molecule has 3 nitrogen and oxygen atoms in total. The summed E-state index contributed by atoms with van der Waals surface area (Å²) < 4.78 is 0. The molecule has 0 spiro atoms. The predicted octanol–water partition coefficient (Wildman–Crippen LogP) is 0.196. The third-order valence-electron chi connectivity index (χ3n) is 2.67. The third-order valence-corrected chi connectivity index (χ3v) is 2.67. The molecule has 0 atom stereocenters. The van der Waals surface area contributed by atoms with Gasteiger partial charge in [-0.1, -0.05) is 0 Å². The molecule has 1 saturated carbocycles. The van der Waals surface area contributed by atoms with Gasteiger partial charge < -0.3 is 9.69 Å². The molecule has 3 heteroatoms. The number of aldehydes is 1. The van der Waals surface area contributed by atoms with Gasteiger partial charge in [-0.05, 0) is 12.8 Å². The summed E-state index contributed by atoms with van der Waals surface area (Å²) in [4.78, 5) is 23.2. The van der Waals surface area contributed by atoms with Crippen LogP contribution in [0.5, 0.6) is 0 Å². The first-order valence-corrected chi connectivity index (χ1v) is 4.07. The lowest BCUT2D eigenvalue weighted by molar-refractivity contribution is -0.128. The number of carbonyl (C=O) groups is 2. The lowest BCUT2D eigenvalue weighted by Gasteiger charge is -2.24. The molecule has 11 heavy (non-hydrogen) atoms. The van der Waals surface area contributed by atoms with Crippen LogP contribution >= 0.6 is 0 Å². The maximum Gasteiger partial charge on any atom is 0.226 e. The van der Waals surface area contributed by atoms with Crippen LogP contribution < -0.4 is 0 Å². The second-order valence-corrected chi connectivity index (χ2v) is 3.31. The molecule has 2 bridgehead atoms. The normalized spacial score (nSPS) is 33.8. The molecule has 60 valence electrons. The van der Waals surface area contributed by atoms with Gasteiger partial charge in [0.2, 0.25) is 5.91 Å². The number of rotatable bonds is 3. The summed E-state index contributed by atoms with van der Waals surface area (Å²) in [5, 5.41) is 0. The number of amides is 1. The van der Waals surface area contributed by atoms with E-state index >= 15 is 0 Å². The summed E-state index contributed by atoms with van der Waals surface area (Å²) in [6.07, 6.45) is 3.45. The SMILES string of the molecule is O=CCCN1C(=O)C2CC1C2.